The van der Waals surface area contributed by atoms with E-state index >= 15 is 0 Å². The predicted molar refractivity (Wildman–Crippen MR) is 89.3 cm³/mol. The Labute approximate surface area is 128 Å². The molecule has 1 unspecified atom stereocenters. The molecule has 0 amide bonds. The number of aryl methyl sites for hydroxylation is 2. The number of hydrogen-bond acceptors (Lipinski definition) is 4. The second kappa shape index (κ2) is 8.63. The molecule has 20 heavy (non-hydrogen) atoms. The van der Waals surface area contributed by atoms with E-state index in [2.05, 4.69) is 39.9 Å². The van der Waals surface area contributed by atoms with Crippen LogP contribution in [0.15, 0.2) is 0 Å². The normalized spacial score (nSPS) is 12.9. The third-order valence-corrected chi connectivity index (χ3v) is 4.62. The van der Waals surface area contributed by atoms with E-state index in [-0.39, 0.29) is 0 Å². The molecule has 0 saturated carbocycles. The standard InChI is InChI=1S/C16H29N3S/c1-11(2)9-20-10-16-18-13(4)15(14(5)19-16)7-12(3)8-17-6/h11-12,17H,7-10H2,1-6H3. The van der Waals surface area contributed by atoms with Gasteiger partial charge in [-0.15, -0.1) is 0 Å². The molecular formula is C16H29N3S. The van der Waals surface area contributed by atoms with E-state index in [4.69, 9.17) is 9.97 Å². The highest BCUT2D eigenvalue weighted by atomic mass is 32.2. The quantitative estimate of drug-likeness (QED) is 0.798. The van der Waals surface area contributed by atoms with Crippen LogP contribution in [0, 0.1) is 25.7 Å². The zero-order chi connectivity index (χ0) is 15.1. The van der Waals surface area contributed by atoms with Crippen molar-refractivity contribution in [3.8, 4) is 0 Å². The molecule has 0 saturated heterocycles. The van der Waals surface area contributed by atoms with Gasteiger partial charge in [0.1, 0.15) is 5.82 Å². The highest BCUT2D eigenvalue weighted by molar-refractivity contribution is 7.98. The van der Waals surface area contributed by atoms with E-state index in [1.54, 1.807) is 0 Å². The van der Waals surface area contributed by atoms with Crippen LogP contribution in [0.4, 0.5) is 0 Å². The first-order valence-electron chi connectivity index (χ1n) is 7.49. The van der Waals surface area contributed by atoms with Gasteiger partial charge in [0.25, 0.3) is 0 Å². The number of thioether (sulfide) groups is 1. The second-order valence-corrected chi connectivity index (χ2v) is 7.10. The monoisotopic (exact) mass is 295 g/mol. The summed E-state index contributed by atoms with van der Waals surface area (Å²) >= 11 is 1.92. The van der Waals surface area contributed by atoms with E-state index in [1.165, 1.54) is 11.3 Å². The van der Waals surface area contributed by atoms with Gasteiger partial charge in [0.05, 0.1) is 5.75 Å². The van der Waals surface area contributed by atoms with E-state index < -0.39 is 0 Å². The number of nitrogens with one attached hydrogen (secondary N) is 1. The van der Waals surface area contributed by atoms with Crippen LogP contribution in [0.5, 0.6) is 0 Å². The van der Waals surface area contributed by atoms with Crippen LogP contribution in [-0.2, 0) is 12.2 Å². The number of nitrogens with zero attached hydrogens (tertiary/aromatic N) is 2. The van der Waals surface area contributed by atoms with Crippen molar-refractivity contribution in [1.82, 2.24) is 15.3 Å². The summed E-state index contributed by atoms with van der Waals surface area (Å²) in [5.41, 5.74) is 3.63. The van der Waals surface area contributed by atoms with Gasteiger partial charge in [-0.2, -0.15) is 11.8 Å². The van der Waals surface area contributed by atoms with Crippen molar-refractivity contribution in [2.75, 3.05) is 19.3 Å². The van der Waals surface area contributed by atoms with Gasteiger partial charge in [-0.1, -0.05) is 20.8 Å². The summed E-state index contributed by atoms with van der Waals surface area (Å²) in [6.45, 7) is 12.0. The summed E-state index contributed by atoms with van der Waals surface area (Å²) in [6.07, 6.45) is 1.05. The Balaban J connectivity index is 2.70. The molecule has 0 aliphatic rings. The average molecular weight is 295 g/mol. The Morgan fingerprint density at radius 2 is 1.70 bits per heavy atom. The Morgan fingerprint density at radius 1 is 1.10 bits per heavy atom. The van der Waals surface area contributed by atoms with Gasteiger partial charge in [0.15, 0.2) is 0 Å². The van der Waals surface area contributed by atoms with Gasteiger partial charge in [0.2, 0.25) is 0 Å². The molecule has 1 rings (SSSR count). The average Bonchev–Trinajstić information content (AvgIpc) is 2.34. The molecule has 114 valence electrons. The third kappa shape index (κ3) is 5.80. The Morgan fingerprint density at radius 3 is 2.20 bits per heavy atom. The molecule has 0 aliphatic carbocycles. The predicted octanol–water partition coefficient (Wildman–Crippen LogP) is 3.38. The molecule has 0 bridgehead atoms. The van der Waals surface area contributed by atoms with Crippen LogP contribution in [0.3, 0.4) is 0 Å². The third-order valence-electron chi connectivity index (χ3n) is 3.25. The molecule has 3 nitrogen and oxygen atoms in total. The van der Waals surface area contributed by atoms with Crippen LogP contribution in [-0.4, -0.2) is 29.3 Å². The van der Waals surface area contributed by atoms with Crippen molar-refractivity contribution < 1.29 is 0 Å². The molecule has 0 aliphatic heterocycles. The van der Waals surface area contributed by atoms with Crippen LogP contribution in [0.2, 0.25) is 0 Å². The zero-order valence-electron chi connectivity index (χ0n) is 13.8. The highest BCUT2D eigenvalue weighted by Crippen LogP contribution is 2.18. The maximum Gasteiger partial charge on any atom is 0.138 e. The van der Waals surface area contributed by atoms with E-state index in [0.717, 1.165) is 41.8 Å². The van der Waals surface area contributed by atoms with Crippen LogP contribution >= 0.6 is 11.8 Å². The van der Waals surface area contributed by atoms with Crippen LogP contribution in [0.1, 0.15) is 43.5 Å². The SMILES string of the molecule is CNCC(C)Cc1c(C)nc(CSCC(C)C)nc1C. The summed E-state index contributed by atoms with van der Waals surface area (Å²) in [4.78, 5) is 9.38. The number of aromatic nitrogens is 2. The largest absolute Gasteiger partial charge is 0.319 e. The van der Waals surface area contributed by atoms with E-state index in [1.807, 2.05) is 18.8 Å². The molecule has 1 N–H and O–H groups in total. The minimum Gasteiger partial charge on any atom is -0.319 e. The van der Waals surface area contributed by atoms with Crippen molar-refractivity contribution in [3.63, 3.8) is 0 Å². The van der Waals surface area contributed by atoms with Crippen molar-refractivity contribution in [2.45, 2.75) is 46.8 Å². The van der Waals surface area contributed by atoms with Gasteiger partial charge in [0, 0.05) is 11.4 Å². The molecule has 1 aromatic heterocycles. The fourth-order valence-corrected chi connectivity index (χ4v) is 3.22. The first-order chi connectivity index (χ1) is 9.43. The lowest BCUT2D eigenvalue weighted by Crippen LogP contribution is -2.19. The summed E-state index contributed by atoms with van der Waals surface area (Å²) in [5.74, 6) is 4.41. The molecule has 0 aromatic carbocycles. The molecule has 0 spiro atoms. The topological polar surface area (TPSA) is 37.8 Å². The van der Waals surface area contributed by atoms with Gasteiger partial charge in [-0.05, 0) is 57.0 Å². The maximum absolute atomic E-state index is 4.69. The molecule has 1 heterocycles. The van der Waals surface area contributed by atoms with Crippen molar-refractivity contribution in [2.24, 2.45) is 11.8 Å². The summed E-state index contributed by atoms with van der Waals surface area (Å²) in [7, 11) is 2.00. The lowest BCUT2D eigenvalue weighted by Gasteiger charge is -2.15. The summed E-state index contributed by atoms with van der Waals surface area (Å²) < 4.78 is 0. The molecular weight excluding hydrogens is 266 g/mol. The Bertz CT molecular complexity index is 395. The molecule has 0 fully saturated rings. The molecule has 4 heteroatoms. The minimum absolute atomic E-state index is 0.613. The molecule has 1 aromatic rings. The maximum atomic E-state index is 4.69. The van der Waals surface area contributed by atoms with E-state index in [0.29, 0.717) is 5.92 Å². The Kier molecular flexibility index (Phi) is 7.52. The number of hydrogen-bond donors (Lipinski definition) is 1. The number of rotatable bonds is 8. The minimum atomic E-state index is 0.613. The molecule has 1 atom stereocenters. The lowest BCUT2D eigenvalue weighted by molar-refractivity contribution is 0.536. The van der Waals surface area contributed by atoms with Crippen LogP contribution < -0.4 is 5.32 Å². The van der Waals surface area contributed by atoms with Gasteiger partial charge in [-0.25, -0.2) is 9.97 Å². The summed E-state index contributed by atoms with van der Waals surface area (Å²) in [5, 5.41) is 3.23. The first-order valence-corrected chi connectivity index (χ1v) is 8.64. The smallest absolute Gasteiger partial charge is 0.138 e. The van der Waals surface area contributed by atoms with Crippen LogP contribution in [0.25, 0.3) is 0 Å². The van der Waals surface area contributed by atoms with Gasteiger partial charge >= 0.3 is 0 Å². The fraction of sp³-hybridized carbons (Fsp3) is 0.750. The highest BCUT2D eigenvalue weighted by Gasteiger charge is 2.12. The molecule has 0 radical (unpaired) electrons. The van der Waals surface area contributed by atoms with Crippen molar-refractivity contribution in [1.29, 1.82) is 0 Å². The second-order valence-electron chi connectivity index (χ2n) is 6.07. The lowest BCUT2D eigenvalue weighted by atomic mass is 9.99. The fourth-order valence-electron chi connectivity index (χ4n) is 2.32. The zero-order valence-corrected chi connectivity index (χ0v) is 14.6. The van der Waals surface area contributed by atoms with Gasteiger partial charge < -0.3 is 5.32 Å². The van der Waals surface area contributed by atoms with Gasteiger partial charge in [-0.3, -0.25) is 0 Å². The van der Waals surface area contributed by atoms with Crippen molar-refractivity contribution >= 4 is 11.8 Å². The van der Waals surface area contributed by atoms with E-state index in [9.17, 15) is 0 Å². The summed E-state index contributed by atoms with van der Waals surface area (Å²) in [6, 6.07) is 0. The van der Waals surface area contributed by atoms with Crippen molar-refractivity contribution in [3.05, 3.63) is 22.8 Å². The first kappa shape index (κ1) is 17.4. The Hall–Kier alpha value is -0.610.